The van der Waals surface area contributed by atoms with Crippen LogP contribution in [-0.2, 0) is 4.74 Å². The number of aryl methyl sites for hydroxylation is 1. The third-order valence-electron chi connectivity index (χ3n) is 1.65. The second-order valence-corrected chi connectivity index (χ2v) is 4.19. The van der Waals surface area contributed by atoms with E-state index in [0.29, 0.717) is 10.6 Å². The molecule has 1 amide bonds. The summed E-state index contributed by atoms with van der Waals surface area (Å²) in [4.78, 5) is 11.3. The number of nitrogens with zero attached hydrogens (tertiary/aromatic N) is 1. The van der Waals surface area contributed by atoms with Crippen LogP contribution in [0.15, 0.2) is 5.38 Å². The van der Waals surface area contributed by atoms with Crippen molar-refractivity contribution in [1.82, 2.24) is 0 Å². The molecule has 0 saturated heterocycles. The van der Waals surface area contributed by atoms with Crippen molar-refractivity contribution in [3.8, 4) is 6.07 Å². The summed E-state index contributed by atoms with van der Waals surface area (Å²) in [5.41, 5.74) is 1.36. The molecule has 0 saturated carbocycles. The molecule has 0 fully saturated rings. The molecular weight excluding hydrogens is 212 g/mol. The Balaban J connectivity index is 2.73. The lowest BCUT2D eigenvalue weighted by atomic mass is 10.2. The molecule has 1 aromatic rings. The van der Waals surface area contributed by atoms with Gasteiger partial charge in [0.15, 0.2) is 0 Å². The first-order valence-corrected chi connectivity index (χ1v) is 5.38. The number of nitrogens with one attached hydrogen (secondary N) is 1. The van der Waals surface area contributed by atoms with Crippen LogP contribution in [0.3, 0.4) is 0 Å². The molecule has 0 spiro atoms. The molecule has 1 heterocycles. The van der Waals surface area contributed by atoms with Crippen molar-refractivity contribution in [1.29, 1.82) is 5.26 Å². The van der Waals surface area contributed by atoms with Crippen LogP contribution in [0.2, 0.25) is 0 Å². The normalized spacial score (nSPS) is 9.80. The molecule has 1 rings (SSSR count). The first kappa shape index (κ1) is 11.5. The van der Waals surface area contributed by atoms with Crippen LogP contribution in [0.4, 0.5) is 9.80 Å². The topological polar surface area (TPSA) is 62.1 Å². The van der Waals surface area contributed by atoms with E-state index in [4.69, 9.17) is 10.00 Å². The number of hydrogen-bond donors (Lipinski definition) is 1. The van der Waals surface area contributed by atoms with Crippen LogP contribution in [0.5, 0.6) is 0 Å². The second-order valence-electron chi connectivity index (χ2n) is 3.31. The molecule has 0 aliphatic heterocycles. The summed E-state index contributed by atoms with van der Waals surface area (Å²) in [6.07, 6.45) is -0.694. The summed E-state index contributed by atoms with van der Waals surface area (Å²) in [6.45, 7) is 5.36. The fourth-order valence-corrected chi connectivity index (χ4v) is 1.89. The number of thiophene rings is 1. The fourth-order valence-electron chi connectivity index (χ4n) is 1.01. The van der Waals surface area contributed by atoms with Crippen LogP contribution in [-0.4, -0.2) is 12.2 Å². The van der Waals surface area contributed by atoms with Gasteiger partial charge in [0, 0.05) is 0 Å². The first-order valence-electron chi connectivity index (χ1n) is 4.50. The minimum atomic E-state index is -0.525. The zero-order valence-electron chi connectivity index (χ0n) is 8.83. The summed E-state index contributed by atoms with van der Waals surface area (Å²) in [6, 6.07) is 2.04. The molecule has 0 atom stereocenters. The van der Waals surface area contributed by atoms with Gasteiger partial charge < -0.3 is 4.74 Å². The molecular formula is C10H12N2O2S. The van der Waals surface area contributed by atoms with Crippen LogP contribution < -0.4 is 5.32 Å². The van der Waals surface area contributed by atoms with Gasteiger partial charge in [-0.15, -0.1) is 11.3 Å². The van der Waals surface area contributed by atoms with Gasteiger partial charge in [-0.3, -0.25) is 5.32 Å². The molecule has 80 valence electrons. The summed E-state index contributed by atoms with van der Waals surface area (Å²) < 4.78 is 4.91. The van der Waals surface area contributed by atoms with Crippen molar-refractivity contribution in [2.24, 2.45) is 0 Å². The maximum atomic E-state index is 11.3. The summed E-state index contributed by atoms with van der Waals surface area (Å²) in [5, 5.41) is 13.8. The minimum Gasteiger partial charge on any atom is -0.447 e. The van der Waals surface area contributed by atoms with Gasteiger partial charge in [0.05, 0.1) is 11.7 Å². The second kappa shape index (κ2) is 4.80. The van der Waals surface area contributed by atoms with Crippen molar-refractivity contribution in [2.75, 3.05) is 5.32 Å². The lowest BCUT2D eigenvalue weighted by molar-refractivity contribution is 0.130. The number of hydrogen-bond acceptors (Lipinski definition) is 4. The van der Waals surface area contributed by atoms with Gasteiger partial charge in [0.25, 0.3) is 0 Å². The number of rotatable bonds is 2. The predicted octanol–water partition coefficient (Wildman–Crippen LogP) is 2.89. The SMILES string of the molecule is Cc1csc(NC(=O)OC(C)C)c1C#N. The molecule has 0 radical (unpaired) electrons. The van der Waals surface area contributed by atoms with Gasteiger partial charge in [-0.25, -0.2) is 4.79 Å². The maximum Gasteiger partial charge on any atom is 0.412 e. The van der Waals surface area contributed by atoms with Crippen molar-refractivity contribution in [3.63, 3.8) is 0 Å². The summed E-state index contributed by atoms with van der Waals surface area (Å²) >= 11 is 1.32. The van der Waals surface area contributed by atoms with E-state index in [2.05, 4.69) is 5.32 Å². The van der Waals surface area contributed by atoms with Crippen molar-refractivity contribution < 1.29 is 9.53 Å². The Morgan fingerprint density at radius 3 is 2.87 bits per heavy atom. The molecule has 0 aliphatic rings. The van der Waals surface area contributed by atoms with Gasteiger partial charge in [-0.05, 0) is 31.7 Å². The van der Waals surface area contributed by atoms with Gasteiger partial charge in [-0.2, -0.15) is 5.26 Å². The molecule has 0 unspecified atom stereocenters. The Morgan fingerprint density at radius 1 is 1.67 bits per heavy atom. The van der Waals surface area contributed by atoms with Crippen LogP contribution in [0.25, 0.3) is 0 Å². The summed E-state index contributed by atoms with van der Waals surface area (Å²) in [7, 11) is 0. The zero-order valence-corrected chi connectivity index (χ0v) is 9.64. The molecule has 1 aromatic heterocycles. The van der Waals surface area contributed by atoms with Gasteiger partial charge in [0.1, 0.15) is 11.1 Å². The predicted molar refractivity (Wildman–Crippen MR) is 59.0 cm³/mol. The van der Waals surface area contributed by atoms with Crippen LogP contribution >= 0.6 is 11.3 Å². The number of anilines is 1. The Labute approximate surface area is 92.5 Å². The number of carbonyl (C=O) groups excluding carboxylic acids is 1. The molecule has 15 heavy (non-hydrogen) atoms. The zero-order chi connectivity index (χ0) is 11.4. The van der Waals surface area contributed by atoms with Gasteiger partial charge in [-0.1, -0.05) is 0 Å². The van der Waals surface area contributed by atoms with E-state index < -0.39 is 6.09 Å². The highest BCUT2D eigenvalue weighted by Crippen LogP contribution is 2.26. The van der Waals surface area contributed by atoms with E-state index in [0.717, 1.165) is 5.56 Å². The Morgan fingerprint density at radius 2 is 2.33 bits per heavy atom. The molecule has 1 N–H and O–H groups in total. The lowest BCUT2D eigenvalue weighted by Gasteiger charge is -2.08. The van der Waals surface area contributed by atoms with Crippen LogP contribution in [0, 0.1) is 18.3 Å². The molecule has 0 aromatic carbocycles. The third-order valence-corrected chi connectivity index (χ3v) is 2.66. The van der Waals surface area contributed by atoms with E-state index in [-0.39, 0.29) is 6.10 Å². The molecule has 5 heteroatoms. The monoisotopic (exact) mass is 224 g/mol. The Hall–Kier alpha value is -1.54. The quantitative estimate of drug-likeness (QED) is 0.840. The molecule has 0 aliphatic carbocycles. The number of nitriles is 1. The van der Waals surface area contributed by atoms with E-state index in [1.165, 1.54) is 11.3 Å². The Bertz CT molecular complexity index is 404. The van der Waals surface area contributed by atoms with E-state index in [9.17, 15) is 4.79 Å². The largest absolute Gasteiger partial charge is 0.447 e. The lowest BCUT2D eigenvalue weighted by Crippen LogP contribution is -2.17. The standard InChI is InChI=1S/C10H12N2O2S/c1-6(2)14-10(13)12-9-8(4-11)7(3)5-15-9/h5-6H,1-3H3,(H,12,13). The maximum absolute atomic E-state index is 11.3. The number of amides is 1. The van der Waals surface area contributed by atoms with Gasteiger partial charge in [0.2, 0.25) is 0 Å². The first-order chi connectivity index (χ1) is 7.04. The van der Waals surface area contributed by atoms with E-state index >= 15 is 0 Å². The fraction of sp³-hybridized carbons (Fsp3) is 0.400. The van der Waals surface area contributed by atoms with Crippen molar-refractivity contribution >= 4 is 22.4 Å². The third kappa shape index (κ3) is 2.96. The highest BCUT2D eigenvalue weighted by Gasteiger charge is 2.12. The highest BCUT2D eigenvalue weighted by atomic mass is 32.1. The average molecular weight is 224 g/mol. The molecule has 4 nitrogen and oxygen atoms in total. The highest BCUT2D eigenvalue weighted by molar-refractivity contribution is 7.14. The van der Waals surface area contributed by atoms with E-state index in [1.807, 2.05) is 18.4 Å². The van der Waals surface area contributed by atoms with Gasteiger partial charge >= 0.3 is 6.09 Å². The number of carbonyl (C=O) groups is 1. The van der Waals surface area contributed by atoms with Crippen molar-refractivity contribution in [2.45, 2.75) is 26.9 Å². The number of ether oxygens (including phenoxy) is 1. The molecule has 0 bridgehead atoms. The Kier molecular flexibility index (Phi) is 3.69. The van der Waals surface area contributed by atoms with E-state index in [1.54, 1.807) is 13.8 Å². The van der Waals surface area contributed by atoms with Crippen LogP contribution in [0.1, 0.15) is 25.0 Å². The smallest absolute Gasteiger partial charge is 0.412 e. The summed E-state index contributed by atoms with van der Waals surface area (Å²) in [5.74, 6) is 0. The van der Waals surface area contributed by atoms with Crippen molar-refractivity contribution in [3.05, 3.63) is 16.5 Å². The average Bonchev–Trinajstić information content (AvgIpc) is 2.45. The minimum absolute atomic E-state index is 0.170.